The van der Waals surface area contributed by atoms with Gasteiger partial charge in [0.15, 0.2) is 0 Å². The summed E-state index contributed by atoms with van der Waals surface area (Å²) in [4.78, 5) is 0.238. The van der Waals surface area contributed by atoms with Crippen molar-refractivity contribution in [3.63, 3.8) is 0 Å². The third-order valence-electron chi connectivity index (χ3n) is 4.60. The molecule has 3 rings (SSSR count). The van der Waals surface area contributed by atoms with Gasteiger partial charge in [-0.3, -0.25) is 15.5 Å². The number of aromatic nitrogens is 2. The van der Waals surface area contributed by atoms with Crippen molar-refractivity contribution in [2.75, 3.05) is 13.6 Å². The van der Waals surface area contributed by atoms with E-state index in [1.165, 1.54) is 26.9 Å². The molecule has 2 heterocycles. The predicted molar refractivity (Wildman–Crippen MR) is 96.1 cm³/mol. The Morgan fingerprint density at radius 3 is 2.72 bits per heavy atom. The smallest absolute Gasteiger partial charge is 0.245 e. The number of nitrogens with zero attached hydrogens (tertiary/aromatic N) is 3. The summed E-state index contributed by atoms with van der Waals surface area (Å²) in [6, 6.07) is 11.0. The molecule has 2 unspecified atom stereocenters. The zero-order valence-corrected chi connectivity index (χ0v) is 15.4. The van der Waals surface area contributed by atoms with E-state index in [1.807, 2.05) is 18.2 Å². The van der Waals surface area contributed by atoms with Gasteiger partial charge in [-0.2, -0.15) is 5.10 Å². The Kier molecular flexibility index (Phi) is 5.53. The van der Waals surface area contributed by atoms with Crippen molar-refractivity contribution in [1.29, 1.82) is 0 Å². The molecule has 136 valence electrons. The molecule has 2 atom stereocenters. The Hall–Kier alpha value is -1.74. The molecule has 1 aromatic carbocycles. The Morgan fingerprint density at radius 1 is 1.28 bits per heavy atom. The second-order valence-corrected chi connectivity index (χ2v) is 8.55. The number of rotatable bonds is 7. The van der Waals surface area contributed by atoms with Crippen LogP contribution in [0.5, 0.6) is 0 Å². The average molecular weight is 363 g/mol. The van der Waals surface area contributed by atoms with Crippen LogP contribution in [-0.4, -0.2) is 42.1 Å². The van der Waals surface area contributed by atoms with Gasteiger partial charge in [0.1, 0.15) is 4.90 Å². The monoisotopic (exact) mass is 363 g/mol. The first-order chi connectivity index (χ1) is 12.0. The topological polar surface area (TPSA) is 79.3 Å². The summed E-state index contributed by atoms with van der Waals surface area (Å²) < 4.78 is 27.8. The summed E-state index contributed by atoms with van der Waals surface area (Å²) in [5.41, 5.74) is 7.92. The molecule has 1 fully saturated rings. The van der Waals surface area contributed by atoms with Gasteiger partial charge >= 0.3 is 0 Å². The second-order valence-electron chi connectivity index (χ2n) is 6.50. The second kappa shape index (κ2) is 7.65. The van der Waals surface area contributed by atoms with Gasteiger partial charge in [0.2, 0.25) is 10.0 Å². The zero-order valence-electron chi connectivity index (χ0n) is 14.6. The van der Waals surface area contributed by atoms with Crippen LogP contribution in [0.15, 0.2) is 47.6 Å². The summed E-state index contributed by atoms with van der Waals surface area (Å²) in [5, 5.41) is 3.94. The van der Waals surface area contributed by atoms with E-state index in [0.29, 0.717) is 18.6 Å². The molecule has 1 aromatic heterocycles. The maximum Gasteiger partial charge on any atom is 0.245 e. The van der Waals surface area contributed by atoms with Crippen molar-refractivity contribution in [2.45, 2.75) is 36.2 Å². The molecular weight excluding hydrogens is 338 g/mol. The lowest BCUT2D eigenvalue weighted by Gasteiger charge is -2.17. The molecule has 7 nitrogen and oxygen atoms in total. The van der Waals surface area contributed by atoms with Crippen molar-refractivity contribution >= 4 is 10.0 Å². The van der Waals surface area contributed by atoms with Crippen LogP contribution in [0.1, 0.15) is 30.9 Å². The predicted octanol–water partition coefficient (Wildman–Crippen LogP) is 1.43. The number of hydrogen-bond acceptors (Lipinski definition) is 5. The van der Waals surface area contributed by atoms with E-state index < -0.39 is 10.0 Å². The van der Waals surface area contributed by atoms with Crippen molar-refractivity contribution in [2.24, 2.45) is 7.05 Å². The minimum atomic E-state index is -3.45. The lowest BCUT2D eigenvalue weighted by atomic mass is 10.00. The number of benzene rings is 1. The minimum Gasteiger partial charge on any atom is -0.274 e. The van der Waals surface area contributed by atoms with Crippen molar-refractivity contribution in [3.8, 4) is 0 Å². The van der Waals surface area contributed by atoms with Gasteiger partial charge in [-0.1, -0.05) is 30.3 Å². The molecule has 0 amide bonds. The van der Waals surface area contributed by atoms with E-state index in [4.69, 9.17) is 0 Å². The largest absolute Gasteiger partial charge is 0.274 e. The Balaban J connectivity index is 1.47. The van der Waals surface area contributed by atoms with Crippen LogP contribution in [0.3, 0.4) is 0 Å². The Labute approximate surface area is 149 Å². The zero-order chi connectivity index (χ0) is 17.9. The molecule has 8 heteroatoms. The molecule has 0 spiro atoms. The van der Waals surface area contributed by atoms with Crippen molar-refractivity contribution < 1.29 is 8.42 Å². The third kappa shape index (κ3) is 4.27. The quantitative estimate of drug-likeness (QED) is 0.778. The Bertz CT molecular complexity index is 790. The van der Waals surface area contributed by atoms with Crippen LogP contribution in [-0.2, 0) is 17.1 Å². The van der Waals surface area contributed by atoms with Gasteiger partial charge in [-0.15, -0.1) is 0 Å². The number of aryl methyl sites for hydroxylation is 1. The molecule has 2 N–H and O–H groups in total. The molecular formula is C17H25N5O2S. The molecule has 1 aliphatic rings. The maximum atomic E-state index is 12.5. The van der Waals surface area contributed by atoms with Gasteiger partial charge < -0.3 is 0 Å². The number of sulfonamides is 1. The fourth-order valence-electron chi connectivity index (χ4n) is 3.11. The Morgan fingerprint density at radius 2 is 2.04 bits per heavy atom. The summed E-state index contributed by atoms with van der Waals surface area (Å²) in [6.45, 7) is 0.491. The highest BCUT2D eigenvalue weighted by molar-refractivity contribution is 7.89. The van der Waals surface area contributed by atoms with E-state index in [2.05, 4.69) is 28.1 Å². The third-order valence-corrected chi connectivity index (χ3v) is 6.41. The molecule has 25 heavy (non-hydrogen) atoms. The van der Waals surface area contributed by atoms with E-state index >= 15 is 0 Å². The van der Waals surface area contributed by atoms with Crippen LogP contribution in [0, 0.1) is 0 Å². The SMILES string of the molecule is CN(CCCC1CC(c2ccccc2)NN1)S(=O)(=O)c1cnn(C)c1. The molecule has 0 bridgehead atoms. The van der Waals surface area contributed by atoms with Gasteiger partial charge in [0, 0.05) is 38.9 Å². The van der Waals surface area contributed by atoms with Crippen LogP contribution in [0.2, 0.25) is 0 Å². The van der Waals surface area contributed by atoms with Gasteiger partial charge in [-0.05, 0) is 24.8 Å². The molecule has 1 saturated heterocycles. The van der Waals surface area contributed by atoms with Crippen LogP contribution in [0.4, 0.5) is 0 Å². The first kappa shape index (κ1) is 18.1. The number of hydrazine groups is 1. The van der Waals surface area contributed by atoms with Gasteiger partial charge in [0.25, 0.3) is 0 Å². The van der Waals surface area contributed by atoms with Crippen molar-refractivity contribution in [1.82, 2.24) is 24.9 Å². The molecule has 0 saturated carbocycles. The maximum absolute atomic E-state index is 12.5. The average Bonchev–Trinajstić information content (AvgIpc) is 3.25. The number of hydrogen-bond donors (Lipinski definition) is 2. The first-order valence-corrected chi connectivity index (χ1v) is 9.92. The molecule has 0 radical (unpaired) electrons. The van der Waals surface area contributed by atoms with Gasteiger partial charge in [0.05, 0.1) is 6.20 Å². The molecule has 2 aromatic rings. The van der Waals surface area contributed by atoms with Gasteiger partial charge in [-0.25, -0.2) is 12.7 Å². The van der Waals surface area contributed by atoms with Crippen LogP contribution < -0.4 is 10.9 Å². The number of nitrogens with one attached hydrogen (secondary N) is 2. The van der Waals surface area contributed by atoms with Crippen molar-refractivity contribution in [3.05, 3.63) is 48.3 Å². The highest BCUT2D eigenvalue weighted by Gasteiger charge is 2.26. The summed E-state index contributed by atoms with van der Waals surface area (Å²) in [7, 11) is -0.124. The molecule has 0 aliphatic carbocycles. The highest BCUT2D eigenvalue weighted by Crippen LogP contribution is 2.24. The van der Waals surface area contributed by atoms with E-state index in [0.717, 1.165) is 19.3 Å². The first-order valence-electron chi connectivity index (χ1n) is 8.48. The summed E-state index contributed by atoms with van der Waals surface area (Å²) >= 11 is 0. The van der Waals surface area contributed by atoms with Crippen LogP contribution >= 0.6 is 0 Å². The lowest BCUT2D eigenvalue weighted by molar-refractivity contribution is 0.428. The fourth-order valence-corrected chi connectivity index (χ4v) is 4.30. The van der Waals surface area contributed by atoms with Crippen LogP contribution in [0.25, 0.3) is 0 Å². The normalized spacial score (nSPS) is 21.1. The van der Waals surface area contributed by atoms with E-state index in [1.54, 1.807) is 14.1 Å². The summed E-state index contributed by atoms with van der Waals surface area (Å²) in [6.07, 6.45) is 5.64. The fraction of sp³-hybridized carbons (Fsp3) is 0.471. The van der Waals surface area contributed by atoms with E-state index in [-0.39, 0.29) is 4.90 Å². The summed E-state index contributed by atoms with van der Waals surface area (Å²) in [5.74, 6) is 0. The molecule has 1 aliphatic heterocycles. The van der Waals surface area contributed by atoms with E-state index in [9.17, 15) is 8.42 Å². The minimum absolute atomic E-state index is 0.238. The standard InChI is InChI=1S/C17H25N5O2S/c1-21-13-16(12-18-21)25(23,24)22(2)10-6-9-15-11-17(20-19-15)14-7-4-3-5-8-14/h3-5,7-8,12-13,15,17,19-20H,6,9-11H2,1-2H3. The highest BCUT2D eigenvalue weighted by atomic mass is 32.2. The lowest BCUT2D eigenvalue weighted by Crippen LogP contribution is -2.32.